The van der Waals surface area contributed by atoms with Crippen LogP contribution in [-0.2, 0) is 9.47 Å². The molecule has 1 aromatic carbocycles. The summed E-state index contributed by atoms with van der Waals surface area (Å²) in [4.78, 5) is 13.2. The molecule has 26 heavy (non-hydrogen) atoms. The van der Waals surface area contributed by atoms with Gasteiger partial charge in [0, 0.05) is 11.0 Å². The number of carbonyl (C=O) groups excluding carboxylic acids is 1. The smallest absolute Gasteiger partial charge is 0.417 e. The summed E-state index contributed by atoms with van der Waals surface area (Å²) in [6.07, 6.45) is 14.7. The van der Waals surface area contributed by atoms with Crippen LogP contribution in [0.1, 0.15) is 0 Å². The van der Waals surface area contributed by atoms with Gasteiger partial charge < -0.3 is 9.47 Å². The van der Waals surface area contributed by atoms with Gasteiger partial charge in [0.2, 0.25) is 0 Å². The second-order valence-corrected chi connectivity index (χ2v) is 6.23. The highest BCUT2D eigenvalue weighted by Gasteiger charge is 2.08. The number of nitrogens with one attached hydrogen (secondary N) is 1. The molecule has 0 spiro atoms. The van der Waals surface area contributed by atoms with E-state index in [0.717, 1.165) is 10.4 Å². The summed E-state index contributed by atoms with van der Waals surface area (Å²) in [5.41, 5.74) is 1.11. The molecule has 0 saturated heterocycles. The van der Waals surface area contributed by atoms with Crippen molar-refractivity contribution >= 4 is 22.4 Å². The lowest BCUT2D eigenvalue weighted by atomic mass is 10.2. The summed E-state index contributed by atoms with van der Waals surface area (Å²) >= 11 is 1.49. The van der Waals surface area contributed by atoms with Crippen LogP contribution in [0.25, 0.3) is 10.4 Å². The number of thiophene rings is 1. The van der Waals surface area contributed by atoms with Gasteiger partial charge >= 0.3 is 6.09 Å². The van der Waals surface area contributed by atoms with Gasteiger partial charge in [0.25, 0.3) is 0 Å². The van der Waals surface area contributed by atoms with Crippen molar-refractivity contribution in [1.29, 1.82) is 0 Å². The highest BCUT2D eigenvalue weighted by molar-refractivity contribution is 7.19. The predicted octanol–water partition coefficient (Wildman–Crippen LogP) is 6.02. The number of hydrogen-bond donors (Lipinski definition) is 1. The van der Waals surface area contributed by atoms with Gasteiger partial charge in [-0.15, -0.1) is 11.3 Å². The van der Waals surface area contributed by atoms with Crippen LogP contribution in [0.4, 0.5) is 9.80 Å². The minimum Gasteiger partial charge on any atom is -0.472 e. The van der Waals surface area contributed by atoms with Crippen molar-refractivity contribution < 1.29 is 14.3 Å². The molecule has 3 rings (SSSR count). The Labute approximate surface area is 156 Å². The zero-order valence-corrected chi connectivity index (χ0v) is 14.7. The lowest BCUT2D eigenvalue weighted by Crippen LogP contribution is -2.11. The van der Waals surface area contributed by atoms with Crippen LogP contribution < -0.4 is 5.32 Å². The standard InChI is InChI=1S/C21H17NO3S/c23-21(25-18-11-7-2-1-3-8-15-24-16-14-18)22-20-13-12-19(26-20)17-9-5-4-6-10-17/h1-16H,(H,22,23). The first-order chi connectivity index (χ1) is 12.8. The number of allylic oxidation sites excluding steroid dienone is 7. The summed E-state index contributed by atoms with van der Waals surface area (Å²) in [7, 11) is 0. The summed E-state index contributed by atoms with van der Waals surface area (Å²) in [6, 6.07) is 13.8. The molecule has 2 heterocycles. The topological polar surface area (TPSA) is 47.6 Å². The van der Waals surface area contributed by atoms with Crippen LogP contribution in [0.3, 0.4) is 0 Å². The number of benzene rings is 1. The number of ether oxygens (including phenoxy) is 2. The van der Waals surface area contributed by atoms with E-state index in [4.69, 9.17) is 9.47 Å². The number of rotatable bonds is 3. The van der Waals surface area contributed by atoms with E-state index >= 15 is 0 Å². The van der Waals surface area contributed by atoms with E-state index in [2.05, 4.69) is 5.32 Å². The molecule has 0 radical (unpaired) electrons. The molecule has 0 atom stereocenters. The van der Waals surface area contributed by atoms with Crippen molar-refractivity contribution in [3.05, 3.63) is 103 Å². The Morgan fingerprint density at radius 2 is 1.73 bits per heavy atom. The minimum absolute atomic E-state index is 0.363. The molecule has 130 valence electrons. The molecule has 0 fully saturated rings. The molecule has 2 aromatic rings. The van der Waals surface area contributed by atoms with E-state index in [1.165, 1.54) is 23.9 Å². The molecule has 5 heteroatoms. The predicted molar refractivity (Wildman–Crippen MR) is 106 cm³/mol. The van der Waals surface area contributed by atoms with Crippen molar-refractivity contribution in [3.63, 3.8) is 0 Å². The van der Waals surface area contributed by atoms with Gasteiger partial charge in [0.1, 0.15) is 5.76 Å². The van der Waals surface area contributed by atoms with Crippen LogP contribution in [0, 0.1) is 0 Å². The average Bonchev–Trinajstić information content (AvgIpc) is 3.09. The molecule has 0 saturated carbocycles. The first-order valence-corrected chi connectivity index (χ1v) is 8.79. The third kappa shape index (κ3) is 5.36. The monoisotopic (exact) mass is 363 g/mol. The third-order valence-corrected chi connectivity index (χ3v) is 4.32. The fourth-order valence-electron chi connectivity index (χ4n) is 2.10. The van der Waals surface area contributed by atoms with Crippen molar-refractivity contribution in [2.45, 2.75) is 0 Å². The zero-order valence-electron chi connectivity index (χ0n) is 13.9. The van der Waals surface area contributed by atoms with Crippen LogP contribution in [-0.4, -0.2) is 6.09 Å². The average molecular weight is 363 g/mol. The van der Waals surface area contributed by atoms with Crippen LogP contribution in [0.15, 0.2) is 103 Å². The summed E-state index contributed by atoms with van der Waals surface area (Å²) in [5.74, 6) is 0.363. The quantitative estimate of drug-likeness (QED) is 0.725. The molecule has 1 aliphatic heterocycles. The molecule has 1 amide bonds. The molecular weight excluding hydrogens is 346 g/mol. The molecule has 4 nitrogen and oxygen atoms in total. The Hall–Kier alpha value is -3.31. The zero-order chi connectivity index (χ0) is 18.0. The van der Waals surface area contributed by atoms with Gasteiger partial charge in [0.05, 0.1) is 17.5 Å². The first kappa shape index (κ1) is 17.5. The molecule has 1 N–H and O–H groups in total. The number of anilines is 1. The van der Waals surface area contributed by atoms with E-state index in [1.54, 1.807) is 24.3 Å². The van der Waals surface area contributed by atoms with E-state index < -0.39 is 6.09 Å². The van der Waals surface area contributed by atoms with Gasteiger partial charge in [-0.05, 0) is 29.8 Å². The van der Waals surface area contributed by atoms with Gasteiger partial charge in [-0.3, -0.25) is 5.32 Å². The maximum atomic E-state index is 12.2. The normalized spacial score (nSPS) is 13.5. The van der Waals surface area contributed by atoms with Crippen LogP contribution >= 0.6 is 11.3 Å². The largest absolute Gasteiger partial charge is 0.472 e. The van der Waals surface area contributed by atoms with Gasteiger partial charge in [-0.1, -0.05) is 54.6 Å². The summed E-state index contributed by atoms with van der Waals surface area (Å²) < 4.78 is 10.5. The van der Waals surface area contributed by atoms with Crippen molar-refractivity contribution in [2.75, 3.05) is 5.32 Å². The number of carbonyl (C=O) groups is 1. The van der Waals surface area contributed by atoms with E-state index in [9.17, 15) is 4.79 Å². The molecule has 0 bridgehead atoms. The SMILES string of the molecule is O=C(Nc1ccc(-c2ccccc2)s1)OC1=CC=CC=CC=COC=C1. The Morgan fingerprint density at radius 3 is 2.62 bits per heavy atom. The lowest BCUT2D eigenvalue weighted by molar-refractivity contribution is 0.194. The molecule has 0 unspecified atom stereocenters. The second-order valence-electron chi connectivity index (χ2n) is 5.15. The highest BCUT2D eigenvalue weighted by atomic mass is 32.1. The Balaban J connectivity index is 1.64. The number of hydrogen-bond acceptors (Lipinski definition) is 4. The Bertz CT molecular complexity index is 889. The Morgan fingerprint density at radius 1 is 0.923 bits per heavy atom. The molecule has 1 aromatic heterocycles. The van der Waals surface area contributed by atoms with Gasteiger partial charge in [-0.25, -0.2) is 4.79 Å². The molecule has 1 aliphatic rings. The third-order valence-electron chi connectivity index (χ3n) is 3.27. The maximum Gasteiger partial charge on any atom is 0.417 e. The fourth-order valence-corrected chi connectivity index (χ4v) is 3.00. The summed E-state index contributed by atoms with van der Waals surface area (Å²) in [6.45, 7) is 0. The van der Waals surface area contributed by atoms with Gasteiger partial charge in [-0.2, -0.15) is 0 Å². The number of amides is 1. The second kappa shape index (κ2) is 9.25. The lowest BCUT2D eigenvalue weighted by Gasteiger charge is -2.05. The van der Waals surface area contributed by atoms with E-state index in [-0.39, 0.29) is 0 Å². The van der Waals surface area contributed by atoms with Gasteiger partial charge in [0.15, 0.2) is 0 Å². The van der Waals surface area contributed by atoms with Crippen molar-refractivity contribution in [3.8, 4) is 10.4 Å². The minimum atomic E-state index is -0.559. The van der Waals surface area contributed by atoms with Crippen LogP contribution in [0.5, 0.6) is 0 Å². The van der Waals surface area contributed by atoms with E-state index in [0.29, 0.717) is 10.8 Å². The maximum absolute atomic E-state index is 12.2. The van der Waals surface area contributed by atoms with Crippen LogP contribution in [0.2, 0.25) is 0 Å². The van der Waals surface area contributed by atoms with E-state index in [1.807, 2.05) is 60.7 Å². The first-order valence-electron chi connectivity index (χ1n) is 7.97. The summed E-state index contributed by atoms with van der Waals surface area (Å²) in [5, 5.41) is 3.46. The molecular formula is C21H17NO3S. The Kier molecular flexibility index (Phi) is 6.23. The highest BCUT2D eigenvalue weighted by Crippen LogP contribution is 2.31. The molecule has 0 aliphatic carbocycles. The van der Waals surface area contributed by atoms with Crippen molar-refractivity contribution in [2.24, 2.45) is 0 Å². The van der Waals surface area contributed by atoms with Crippen molar-refractivity contribution in [1.82, 2.24) is 0 Å². The fraction of sp³-hybridized carbons (Fsp3) is 0.